The second kappa shape index (κ2) is 41.1. The average Bonchev–Trinajstić information content (AvgIpc) is 1.73. The zero-order chi connectivity index (χ0) is 87.0. The number of aryl methyl sites for hydroxylation is 2. The third-order valence-electron chi connectivity index (χ3n) is 23.2. The SMILES string of the molecule is CC[C@H](C)[C@H](NC(=O)[C@H](CC(C)C)N(C)C(=O)C[C@@H](C(=O)N(C)C)N(C)C(=O)[C@H](C1CCCC1)N(C)C(=O)C1(NC(=O)[C@@H]2CCCN2C(=O)[C@H](CCc2cc(F)c(C(F)(F)F)c(F)c2)NC(=O)CN(C)C(=O)OCc2ccccc2)CCCC1)C(=O)N(C)[C@@H](C)C(=O)N1CC[C@H]1C(=O)N(CC)[C@@H](Cc1ccc(C)cc1)C(=O)OC(C)(C)C. The van der Waals surface area contributed by atoms with Crippen molar-refractivity contribution >= 4 is 77.0 Å². The number of likely N-dealkylation sites (N-methyl/N-ethyl adjacent to an activating group) is 7. The third-order valence-corrected chi connectivity index (χ3v) is 23.2. The Balaban J connectivity index is 1.07. The number of halogens is 5. The van der Waals surface area contributed by atoms with Gasteiger partial charge in [-0.15, -0.1) is 0 Å². The molecule has 10 atom stereocenters. The molecular weight excluding hydrogens is 1520 g/mol. The van der Waals surface area contributed by atoms with Crippen molar-refractivity contribution in [2.75, 3.05) is 75.5 Å². The Hall–Kier alpha value is -9.78. The molecule has 117 heavy (non-hydrogen) atoms. The van der Waals surface area contributed by atoms with Gasteiger partial charge in [0.1, 0.15) is 95.9 Å². The molecule has 12 amide bonds. The van der Waals surface area contributed by atoms with Gasteiger partial charge in [0.2, 0.25) is 65.0 Å². The number of carbonyl (C=O) groups excluding carboxylic acids is 13. The van der Waals surface area contributed by atoms with Gasteiger partial charge >= 0.3 is 18.2 Å². The van der Waals surface area contributed by atoms with E-state index in [1.807, 2.05) is 52.0 Å². The second-order valence-electron chi connectivity index (χ2n) is 33.6. The molecule has 2 heterocycles. The minimum absolute atomic E-state index is 0.0539. The van der Waals surface area contributed by atoms with E-state index in [9.17, 15) is 69.9 Å². The molecule has 27 nitrogen and oxygen atoms in total. The fraction of sp³-hybridized carbons (Fsp3) is 0.635. The van der Waals surface area contributed by atoms with Gasteiger partial charge in [-0.05, 0) is 152 Å². The van der Waals surface area contributed by atoms with E-state index in [1.165, 1.54) is 90.6 Å². The Morgan fingerprint density at radius 3 is 1.79 bits per heavy atom. The predicted octanol–water partition coefficient (Wildman–Crippen LogP) is 8.37. The van der Waals surface area contributed by atoms with Gasteiger partial charge < -0.3 is 69.5 Å². The number of rotatable bonds is 35. The summed E-state index contributed by atoms with van der Waals surface area (Å²) >= 11 is 0. The fourth-order valence-corrected chi connectivity index (χ4v) is 16.0. The molecule has 2 saturated heterocycles. The van der Waals surface area contributed by atoms with E-state index in [0.717, 1.165) is 20.9 Å². The number of hydrogen-bond donors (Lipinski definition) is 3. The summed E-state index contributed by atoms with van der Waals surface area (Å²) in [6.07, 6.45) is -3.26. The highest BCUT2D eigenvalue weighted by molar-refractivity contribution is 6.01. The Kier molecular flexibility index (Phi) is 33.1. The zero-order valence-corrected chi connectivity index (χ0v) is 70.9. The summed E-state index contributed by atoms with van der Waals surface area (Å²) < 4.78 is 81.9. The molecule has 0 radical (unpaired) electrons. The van der Waals surface area contributed by atoms with Crippen molar-refractivity contribution < 1.29 is 93.8 Å². The van der Waals surface area contributed by atoms with Gasteiger partial charge in [-0.3, -0.25) is 52.7 Å². The number of esters is 1. The van der Waals surface area contributed by atoms with Crippen molar-refractivity contribution in [1.29, 1.82) is 0 Å². The molecular formula is C85H121F5N12O15. The van der Waals surface area contributed by atoms with E-state index in [4.69, 9.17) is 9.47 Å². The monoisotopic (exact) mass is 1640 g/mol. The fourth-order valence-electron chi connectivity index (χ4n) is 16.0. The molecule has 3 aromatic rings. The van der Waals surface area contributed by atoms with Crippen LogP contribution in [0.25, 0.3) is 0 Å². The lowest BCUT2D eigenvalue weighted by atomic mass is 9.90. The van der Waals surface area contributed by atoms with E-state index < -0.39 is 204 Å². The molecule has 2 aliphatic carbocycles. The van der Waals surface area contributed by atoms with Crippen LogP contribution in [-0.2, 0) is 92.6 Å². The topological polar surface area (TPSA) is 306 Å². The normalized spacial score (nSPS) is 18.1. The Labute approximate surface area is 684 Å². The molecule has 32 heteroatoms. The number of ether oxygens (including phenoxy) is 2. The molecule has 3 aromatic carbocycles. The average molecular weight is 1650 g/mol. The summed E-state index contributed by atoms with van der Waals surface area (Å²) in [5.74, 6) is -13.3. The highest BCUT2D eigenvalue weighted by atomic mass is 19.4. The van der Waals surface area contributed by atoms with Crippen molar-refractivity contribution in [2.24, 2.45) is 17.8 Å². The summed E-state index contributed by atoms with van der Waals surface area (Å²) in [5.41, 5.74) is -2.48. The van der Waals surface area contributed by atoms with Gasteiger partial charge in [0.15, 0.2) is 0 Å². The molecule has 0 spiro atoms. The van der Waals surface area contributed by atoms with Crippen LogP contribution in [0.4, 0.5) is 26.7 Å². The molecule has 3 N–H and O–H groups in total. The number of nitrogens with zero attached hydrogens (tertiary/aromatic N) is 9. The highest BCUT2D eigenvalue weighted by Gasteiger charge is 2.52. The van der Waals surface area contributed by atoms with Gasteiger partial charge in [0.05, 0.1) is 6.42 Å². The van der Waals surface area contributed by atoms with E-state index in [-0.39, 0.29) is 76.2 Å². The maximum Gasteiger partial charge on any atom is 0.422 e. The molecule has 7 rings (SSSR count). The summed E-state index contributed by atoms with van der Waals surface area (Å²) in [4.78, 5) is 201. The van der Waals surface area contributed by atoms with Gasteiger partial charge in [-0.2, -0.15) is 13.2 Å². The van der Waals surface area contributed by atoms with Crippen LogP contribution in [0.5, 0.6) is 0 Å². The van der Waals surface area contributed by atoms with Gasteiger partial charge in [-0.25, -0.2) is 18.4 Å². The van der Waals surface area contributed by atoms with Crippen LogP contribution in [0.3, 0.4) is 0 Å². The number of amides is 12. The summed E-state index contributed by atoms with van der Waals surface area (Å²) in [6.45, 7) is 17.1. The van der Waals surface area contributed by atoms with Crippen molar-refractivity contribution in [2.45, 2.75) is 257 Å². The van der Waals surface area contributed by atoms with E-state index in [0.29, 0.717) is 69.1 Å². The molecule has 2 aliphatic heterocycles. The first kappa shape index (κ1) is 94.4. The molecule has 2 saturated carbocycles. The Morgan fingerprint density at radius 1 is 0.641 bits per heavy atom. The first-order valence-electron chi connectivity index (χ1n) is 40.7. The first-order chi connectivity index (χ1) is 54.9. The third kappa shape index (κ3) is 24.0. The van der Waals surface area contributed by atoms with Crippen LogP contribution in [0.1, 0.15) is 186 Å². The zero-order valence-electron chi connectivity index (χ0n) is 70.9. The van der Waals surface area contributed by atoms with Gasteiger partial charge in [0, 0.05) is 75.4 Å². The van der Waals surface area contributed by atoms with Crippen molar-refractivity contribution in [3.63, 3.8) is 0 Å². The van der Waals surface area contributed by atoms with Gasteiger partial charge in [0.25, 0.3) is 0 Å². The predicted molar refractivity (Wildman–Crippen MR) is 425 cm³/mol. The quantitative estimate of drug-likeness (QED) is 0.0368. The standard InChI is InChI=1S/C85H121F5N12O15/c1-18-53(6)70(78(111)96(14)54(7)74(107)102-43-39-63(102)77(110)100(19-2)66(80(113)117-83(8,9)10)47-55-35-33-52(5)34-36-55)92-72(105)64(44-51(3)4)97(15)68(104)48-65(76(109)94(11)12)98(16)79(112)71(58-30-23-24-31-58)99(17)81(114)84(40-25-26-41-84)93-73(106)62-32-27-42-101(62)75(108)61(38-37-57-45-59(86)69(60(87)46-57)85(88,89)90)91-67(103)49-95(13)82(115)116-50-56-28-21-20-22-29-56/h20-22,28-29,33-36,45-46,51,53-54,58,61-66,70-71H,18-19,23-27,30-32,37-44,47-50H2,1-17H3,(H,91,103)(H,92,105)(H,93,106)/t53-,54-,61-,62-,63-,64-,65-,66-,70-,71-/m0/s1. The summed E-state index contributed by atoms with van der Waals surface area (Å²) in [5, 5.41) is 8.43. The summed E-state index contributed by atoms with van der Waals surface area (Å²) in [6, 6.07) is 5.91. The second-order valence-corrected chi connectivity index (χ2v) is 33.6. The van der Waals surface area contributed by atoms with Crippen LogP contribution in [0.2, 0.25) is 0 Å². The molecule has 0 unspecified atom stereocenters. The number of carbonyl (C=O) groups is 13. The Bertz CT molecular complexity index is 4010. The maximum absolute atomic E-state index is 15.6. The van der Waals surface area contributed by atoms with Crippen molar-refractivity contribution in [3.8, 4) is 0 Å². The minimum Gasteiger partial charge on any atom is -0.458 e. The van der Waals surface area contributed by atoms with Crippen LogP contribution in [0, 0.1) is 36.3 Å². The van der Waals surface area contributed by atoms with Crippen molar-refractivity contribution in [3.05, 3.63) is 106 Å². The number of alkyl halides is 3. The lowest BCUT2D eigenvalue weighted by Crippen LogP contribution is -2.65. The van der Waals surface area contributed by atoms with Crippen LogP contribution in [-0.4, -0.2) is 262 Å². The van der Waals surface area contributed by atoms with E-state index in [1.54, 1.807) is 65.0 Å². The molecule has 0 aromatic heterocycles. The highest BCUT2D eigenvalue weighted by Crippen LogP contribution is 2.39. The lowest BCUT2D eigenvalue weighted by molar-refractivity contribution is -0.169. The number of likely N-dealkylation sites (tertiary alicyclic amines) is 2. The Morgan fingerprint density at radius 2 is 1.25 bits per heavy atom. The minimum atomic E-state index is -5.38. The molecule has 4 aliphatic rings. The number of nitrogens with one attached hydrogen (secondary N) is 3. The van der Waals surface area contributed by atoms with E-state index >= 15 is 14.4 Å². The van der Waals surface area contributed by atoms with E-state index in [2.05, 4.69) is 16.0 Å². The van der Waals surface area contributed by atoms with Crippen LogP contribution >= 0.6 is 0 Å². The number of benzene rings is 3. The molecule has 4 fully saturated rings. The van der Waals surface area contributed by atoms with Gasteiger partial charge in [-0.1, -0.05) is 120 Å². The van der Waals surface area contributed by atoms with Crippen molar-refractivity contribution in [1.82, 2.24) is 60.0 Å². The summed E-state index contributed by atoms with van der Waals surface area (Å²) in [7, 11) is 9.76. The van der Waals surface area contributed by atoms with Crippen LogP contribution in [0.15, 0.2) is 66.7 Å². The number of hydrogen-bond acceptors (Lipinski definition) is 15. The molecule has 646 valence electrons. The first-order valence-corrected chi connectivity index (χ1v) is 40.7. The largest absolute Gasteiger partial charge is 0.458 e. The smallest absolute Gasteiger partial charge is 0.422 e. The molecule has 0 bridgehead atoms. The maximum atomic E-state index is 15.6. The lowest BCUT2D eigenvalue weighted by Gasteiger charge is -2.45. The van der Waals surface area contributed by atoms with Crippen LogP contribution < -0.4 is 16.0 Å².